The first-order valence-corrected chi connectivity index (χ1v) is 7.36. The summed E-state index contributed by atoms with van der Waals surface area (Å²) in [5.74, 6) is 2.39. The molecule has 0 amide bonds. The summed E-state index contributed by atoms with van der Waals surface area (Å²) in [6.45, 7) is 10.4. The lowest BCUT2D eigenvalue weighted by Crippen LogP contribution is -2.40. The molecule has 3 atom stereocenters. The van der Waals surface area contributed by atoms with Crippen molar-refractivity contribution in [1.82, 2.24) is 4.90 Å². The van der Waals surface area contributed by atoms with Gasteiger partial charge in [0.25, 0.3) is 0 Å². The number of nitrogens with zero attached hydrogens (tertiary/aromatic N) is 1. The van der Waals surface area contributed by atoms with Crippen molar-refractivity contribution in [3.05, 3.63) is 0 Å². The molecule has 1 aliphatic carbocycles. The van der Waals surface area contributed by atoms with E-state index in [0.29, 0.717) is 12.0 Å². The largest absolute Gasteiger partial charge is 0.327 e. The Hall–Kier alpha value is -0.0800. The van der Waals surface area contributed by atoms with Crippen molar-refractivity contribution in [3.63, 3.8) is 0 Å². The van der Waals surface area contributed by atoms with Crippen molar-refractivity contribution in [1.29, 1.82) is 0 Å². The van der Waals surface area contributed by atoms with E-state index in [4.69, 9.17) is 5.73 Å². The zero-order valence-electron chi connectivity index (χ0n) is 12.4. The van der Waals surface area contributed by atoms with Crippen molar-refractivity contribution in [2.75, 3.05) is 13.6 Å². The number of hydrogen-bond acceptors (Lipinski definition) is 2. The van der Waals surface area contributed by atoms with Crippen molar-refractivity contribution in [3.8, 4) is 0 Å². The zero-order chi connectivity index (χ0) is 13.0. The topological polar surface area (TPSA) is 29.3 Å². The number of nitrogens with two attached hydrogens (primary N) is 1. The molecule has 0 aromatic heterocycles. The Balaban J connectivity index is 2.34. The summed E-state index contributed by atoms with van der Waals surface area (Å²) in [5.41, 5.74) is 6.12. The Labute approximate surface area is 108 Å². The van der Waals surface area contributed by atoms with Crippen LogP contribution in [0.25, 0.3) is 0 Å². The molecule has 2 N–H and O–H groups in total. The van der Waals surface area contributed by atoms with Crippen LogP contribution in [0.15, 0.2) is 0 Å². The zero-order valence-corrected chi connectivity index (χ0v) is 12.4. The number of rotatable bonds is 5. The van der Waals surface area contributed by atoms with Gasteiger partial charge in [-0.05, 0) is 57.0 Å². The molecule has 0 aromatic rings. The minimum Gasteiger partial charge on any atom is -0.327 e. The molecular weight excluding hydrogens is 208 g/mol. The molecule has 102 valence electrons. The van der Waals surface area contributed by atoms with E-state index in [1.54, 1.807) is 0 Å². The number of hydrogen-bond donors (Lipinski definition) is 1. The normalized spacial score (nSPS) is 32.1. The van der Waals surface area contributed by atoms with Crippen molar-refractivity contribution < 1.29 is 0 Å². The highest BCUT2D eigenvalue weighted by Crippen LogP contribution is 2.31. The molecule has 0 aliphatic heterocycles. The van der Waals surface area contributed by atoms with Crippen molar-refractivity contribution in [2.24, 2.45) is 23.5 Å². The molecule has 17 heavy (non-hydrogen) atoms. The average molecular weight is 240 g/mol. The predicted molar refractivity (Wildman–Crippen MR) is 76.0 cm³/mol. The van der Waals surface area contributed by atoms with Gasteiger partial charge >= 0.3 is 0 Å². The first-order chi connectivity index (χ1) is 7.90. The molecule has 1 aliphatic rings. The van der Waals surface area contributed by atoms with Gasteiger partial charge in [-0.2, -0.15) is 0 Å². The molecule has 0 spiro atoms. The summed E-state index contributed by atoms with van der Waals surface area (Å²) in [5, 5.41) is 0. The summed E-state index contributed by atoms with van der Waals surface area (Å²) in [6, 6.07) is 1.14. The molecule has 2 heteroatoms. The maximum atomic E-state index is 6.12. The Morgan fingerprint density at radius 3 is 2.12 bits per heavy atom. The molecule has 1 fully saturated rings. The second-order valence-electron chi connectivity index (χ2n) is 6.75. The van der Waals surface area contributed by atoms with Gasteiger partial charge in [0.1, 0.15) is 0 Å². The van der Waals surface area contributed by atoms with Gasteiger partial charge in [0.15, 0.2) is 0 Å². The first kappa shape index (κ1) is 15.0. The molecule has 1 rings (SSSR count). The SMILES string of the molecule is CC1CC(C)CC(N(C)CCC(N)C(C)C)C1. The fourth-order valence-electron chi connectivity index (χ4n) is 3.13. The molecule has 0 radical (unpaired) electrons. The van der Waals surface area contributed by atoms with Crippen LogP contribution in [-0.4, -0.2) is 30.6 Å². The highest BCUT2D eigenvalue weighted by molar-refractivity contribution is 4.81. The van der Waals surface area contributed by atoms with Gasteiger partial charge in [0.2, 0.25) is 0 Å². The van der Waals surface area contributed by atoms with E-state index in [-0.39, 0.29) is 0 Å². The molecule has 0 bridgehead atoms. The van der Waals surface area contributed by atoms with Crippen molar-refractivity contribution >= 4 is 0 Å². The highest BCUT2D eigenvalue weighted by Gasteiger charge is 2.26. The van der Waals surface area contributed by atoms with E-state index >= 15 is 0 Å². The standard InChI is InChI=1S/C15H32N2/c1-11(2)15(16)6-7-17(5)14-9-12(3)8-13(4)10-14/h11-15H,6-10,16H2,1-5H3. The van der Waals surface area contributed by atoms with Gasteiger partial charge in [-0.1, -0.05) is 27.7 Å². The second kappa shape index (κ2) is 6.75. The van der Waals surface area contributed by atoms with Crippen LogP contribution < -0.4 is 5.73 Å². The molecular formula is C15H32N2. The molecule has 2 nitrogen and oxygen atoms in total. The highest BCUT2D eigenvalue weighted by atomic mass is 15.1. The van der Waals surface area contributed by atoms with E-state index in [1.165, 1.54) is 19.3 Å². The van der Waals surface area contributed by atoms with Crippen LogP contribution in [0.3, 0.4) is 0 Å². The summed E-state index contributed by atoms with van der Waals surface area (Å²) in [4.78, 5) is 2.55. The maximum Gasteiger partial charge on any atom is 0.00972 e. The molecule has 1 saturated carbocycles. The van der Waals surface area contributed by atoms with Gasteiger partial charge < -0.3 is 10.6 Å². The Morgan fingerprint density at radius 2 is 1.65 bits per heavy atom. The van der Waals surface area contributed by atoms with E-state index in [9.17, 15) is 0 Å². The van der Waals surface area contributed by atoms with E-state index < -0.39 is 0 Å². The second-order valence-corrected chi connectivity index (χ2v) is 6.75. The van der Waals surface area contributed by atoms with Gasteiger partial charge in [-0.25, -0.2) is 0 Å². The summed E-state index contributed by atoms with van der Waals surface area (Å²) in [7, 11) is 2.28. The van der Waals surface area contributed by atoms with Gasteiger partial charge in [0.05, 0.1) is 0 Å². The fourth-order valence-corrected chi connectivity index (χ4v) is 3.13. The van der Waals surface area contributed by atoms with Crippen LogP contribution in [-0.2, 0) is 0 Å². The van der Waals surface area contributed by atoms with Gasteiger partial charge in [0, 0.05) is 12.1 Å². The van der Waals surface area contributed by atoms with E-state index in [1.807, 2.05) is 0 Å². The van der Waals surface area contributed by atoms with Crippen LogP contribution in [0.5, 0.6) is 0 Å². The Bertz CT molecular complexity index is 205. The van der Waals surface area contributed by atoms with Crippen LogP contribution in [0.4, 0.5) is 0 Å². The maximum absolute atomic E-state index is 6.12. The average Bonchev–Trinajstić information content (AvgIpc) is 2.23. The minimum atomic E-state index is 0.357. The predicted octanol–water partition coefficient (Wildman–Crippen LogP) is 3.12. The minimum absolute atomic E-state index is 0.357. The van der Waals surface area contributed by atoms with Crippen LogP contribution >= 0.6 is 0 Å². The van der Waals surface area contributed by atoms with E-state index in [0.717, 1.165) is 30.8 Å². The molecule has 0 heterocycles. The van der Waals surface area contributed by atoms with Gasteiger partial charge in [-0.15, -0.1) is 0 Å². The van der Waals surface area contributed by atoms with Gasteiger partial charge in [-0.3, -0.25) is 0 Å². The smallest absolute Gasteiger partial charge is 0.00972 e. The third kappa shape index (κ3) is 4.97. The third-order valence-corrected chi connectivity index (χ3v) is 4.45. The van der Waals surface area contributed by atoms with E-state index in [2.05, 4.69) is 39.6 Å². The lowest BCUT2D eigenvalue weighted by molar-refractivity contribution is 0.129. The monoisotopic (exact) mass is 240 g/mol. The summed E-state index contributed by atoms with van der Waals surface area (Å²) in [6.07, 6.45) is 5.29. The molecule has 3 unspecified atom stereocenters. The quantitative estimate of drug-likeness (QED) is 0.800. The van der Waals surface area contributed by atoms with Crippen LogP contribution in [0.1, 0.15) is 53.4 Å². The lowest BCUT2D eigenvalue weighted by atomic mass is 9.80. The Kier molecular flexibility index (Phi) is 5.94. The molecule has 0 aromatic carbocycles. The molecule has 0 saturated heterocycles. The first-order valence-electron chi connectivity index (χ1n) is 7.36. The Morgan fingerprint density at radius 1 is 1.12 bits per heavy atom. The summed E-state index contributed by atoms with van der Waals surface area (Å²) < 4.78 is 0. The lowest BCUT2D eigenvalue weighted by Gasteiger charge is -2.37. The summed E-state index contributed by atoms with van der Waals surface area (Å²) >= 11 is 0. The fraction of sp³-hybridized carbons (Fsp3) is 1.00. The van der Waals surface area contributed by atoms with Crippen LogP contribution in [0, 0.1) is 17.8 Å². The third-order valence-electron chi connectivity index (χ3n) is 4.45. The van der Waals surface area contributed by atoms with Crippen LogP contribution in [0.2, 0.25) is 0 Å². The van der Waals surface area contributed by atoms with Crippen molar-refractivity contribution in [2.45, 2.75) is 65.5 Å².